The average molecular weight is 369 g/mol. The van der Waals surface area contributed by atoms with Gasteiger partial charge in [-0.2, -0.15) is 0 Å². The van der Waals surface area contributed by atoms with Gasteiger partial charge in [0.25, 0.3) is 0 Å². The number of nitrogens with one attached hydrogen (secondary N) is 2. The molecule has 0 aromatic heterocycles. The second-order valence-electron chi connectivity index (χ2n) is 5.90. The lowest BCUT2D eigenvalue weighted by atomic mass is 10.1. The Morgan fingerprint density at radius 1 is 0.962 bits per heavy atom. The highest BCUT2D eigenvalue weighted by molar-refractivity contribution is 6.34. The molecule has 0 saturated heterocycles. The first kappa shape index (κ1) is 16.5. The van der Waals surface area contributed by atoms with E-state index in [-0.39, 0.29) is 12.5 Å². The number of rotatable bonds is 4. The molecule has 0 aliphatic carbocycles. The van der Waals surface area contributed by atoms with E-state index in [1.54, 1.807) is 12.1 Å². The minimum atomic E-state index is -0.198. The van der Waals surface area contributed by atoms with E-state index in [1.807, 2.05) is 42.5 Å². The molecule has 3 aromatic carbocycles. The molecule has 0 radical (unpaired) electrons. The molecule has 6 heteroatoms. The van der Waals surface area contributed by atoms with E-state index in [1.165, 1.54) is 0 Å². The Morgan fingerprint density at radius 3 is 2.54 bits per heavy atom. The van der Waals surface area contributed by atoms with Crippen LogP contribution in [0.15, 0.2) is 54.6 Å². The minimum absolute atomic E-state index is 0.124. The Kier molecular flexibility index (Phi) is 4.54. The summed E-state index contributed by atoms with van der Waals surface area (Å²) in [4.78, 5) is 12.3. The number of amides is 1. The summed E-state index contributed by atoms with van der Waals surface area (Å²) in [6.07, 6.45) is 0. The van der Waals surface area contributed by atoms with Gasteiger partial charge in [-0.25, -0.2) is 0 Å². The number of anilines is 2. The molecule has 5 nitrogen and oxygen atoms in total. The first-order chi connectivity index (χ1) is 12.7. The summed E-state index contributed by atoms with van der Waals surface area (Å²) in [5, 5.41) is 8.59. The normalized spacial score (nSPS) is 12.7. The molecule has 26 heavy (non-hydrogen) atoms. The fourth-order valence-electron chi connectivity index (χ4n) is 2.91. The van der Waals surface area contributed by atoms with Crippen LogP contribution in [0.3, 0.4) is 0 Å². The van der Waals surface area contributed by atoms with E-state index in [0.717, 1.165) is 16.5 Å². The van der Waals surface area contributed by atoms with Crippen LogP contribution in [0.25, 0.3) is 10.8 Å². The molecule has 4 rings (SSSR count). The van der Waals surface area contributed by atoms with Gasteiger partial charge in [0.1, 0.15) is 13.2 Å². The minimum Gasteiger partial charge on any atom is -0.486 e. The molecular formula is C20H17ClN2O3. The highest BCUT2D eigenvalue weighted by Gasteiger charge is 2.16. The zero-order chi connectivity index (χ0) is 17.9. The molecule has 0 fully saturated rings. The topological polar surface area (TPSA) is 59.6 Å². The van der Waals surface area contributed by atoms with Gasteiger partial charge in [-0.1, -0.05) is 48.0 Å². The number of fused-ring (bicyclic) bond motifs is 2. The second kappa shape index (κ2) is 7.14. The van der Waals surface area contributed by atoms with Crippen molar-refractivity contribution in [2.45, 2.75) is 0 Å². The molecule has 1 amide bonds. The van der Waals surface area contributed by atoms with E-state index >= 15 is 0 Å². The van der Waals surface area contributed by atoms with Crippen LogP contribution >= 0.6 is 11.6 Å². The molecule has 132 valence electrons. The summed E-state index contributed by atoms with van der Waals surface area (Å²) in [5.74, 6) is 0.975. The van der Waals surface area contributed by atoms with Gasteiger partial charge < -0.3 is 20.1 Å². The van der Waals surface area contributed by atoms with E-state index in [4.69, 9.17) is 21.1 Å². The highest BCUT2D eigenvalue weighted by Crippen LogP contribution is 2.37. The number of ether oxygens (including phenoxy) is 2. The van der Waals surface area contributed by atoms with Crippen molar-refractivity contribution in [1.29, 1.82) is 0 Å². The zero-order valence-corrected chi connectivity index (χ0v) is 14.7. The first-order valence-electron chi connectivity index (χ1n) is 8.31. The van der Waals surface area contributed by atoms with Gasteiger partial charge in [-0.05, 0) is 11.5 Å². The van der Waals surface area contributed by atoms with E-state index in [2.05, 4.69) is 10.6 Å². The maximum Gasteiger partial charge on any atom is 0.243 e. The van der Waals surface area contributed by atoms with Crippen LogP contribution in [0.1, 0.15) is 0 Å². The molecule has 1 aliphatic heterocycles. The largest absolute Gasteiger partial charge is 0.486 e. The summed E-state index contributed by atoms with van der Waals surface area (Å²) in [7, 11) is 0. The molecular weight excluding hydrogens is 352 g/mol. The molecule has 0 saturated carbocycles. The maximum atomic E-state index is 12.3. The molecule has 3 aromatic rings. The Balaban J connectivity index is 1.46. The van der Waals surface area contributed by atoms with Crippen LogP contribution in [0, 0.1) is 0 Å². The van der Waals surface area contributed by atoms with Crippen LogP contribution in [-0.2, 0) is 4.79 Å². The number of carbonyl (C=O) groups is 1. The molecule has 0 atom stereocenters. The highest BCUT2D eigenvalue weighted by atomic mass is 35.5. The maximum absolute atomic E-state index is 12.3. The van der Waals surface area contributed by atoms with Gasteiger partial charge in [0.2, 0.25) is 5.91 Å². The zero-order valence-electron chi connectivity index (χ0n) is 13.9. The Bertz CT molecular complexity index is 969. The van der Waals surface area contributed by atoms with Crippen molar-refractivity contribution in [1.82, 2.24) is 0 Å². The summed E-state index contributed by atoms with van der Waals surface area (Å²) >= 11 is 6.23. The third kappa shape index (κ3) is 3.39. The molecule has 0 spiro atoms. The Morgan fingerprint density at radius 2 is 1.69 bits per heavy atom. The van der Waals surface area contributed by atoms with E-state index in [9.17, 15) is 4.79 Å². The number of halogens is 1. The lowest BCUT2D eigenvalue weighted by molar-refractivity contribution is -0.114. The third-order valence-electron chi connectivity index (χ3n) is 4.13. The predicted octanol–water partition coefficient (Wildman–Crippen LogP) is 4.32. The van der Waals surface area contributed by atoms with Gasteiger partial charge in [0.05, 0.1) is 17.3 Å². The first-order valence-corrected chi connectivity index (χ1v) is 8.69. The summed E-state index contributed by atoms with van der Waals surface area (Å²) in [6, 6.07) is 17.3. The van der Waals surface area contributed by atoms with Crippen LogP contribution < -0.4 is 20.1 Å². The summed E-state index contributed by atoms with van der Waals surface area (Å²) in [6.45, 7) is 1.09. The fraction of sp³-hybridized carbons (Fsp3) is 0.150. The lowest BCUT2D eigenvalue weighted by Crippen LogP contribution is -2.22. The number of carbonyl (C=O) groups excluding carboxylic acids is 1. The quantitative estimate of drug-likeness (QED) is 0.720. The summed E-state index contributed by atoms with van der Waals surface area (Å²) < 4.78 is 11.0. The van der Waals surface area contributed by atoms with Gasteiger partial charge in [0, 0.05) is 23.2 Å². The number of hydrogen-bond acceptors (Lipinski definition) is 4. The van der Waals surface area contributed by atoms with Crippen molar-refractivity contribution in [3.05, 3.63) is 59.6 Å². The van der Waals surface area contributed by atoms with Crippen LogP contribution in [0.5, 0.6) is 11.5 Å². The van der Waals surface area contributed by atoms with Crippen LogP contribution in [0.2, 0.25) is 5.02 Å². The standard InChI is InChI=1S/C20H17ClN2O3/c21-15-10-18-19(26-9-8-25-18)11-17(15)23-20(24)12-22-16-7-3-5-13-4-1-2-6-14(13)16/h1-7,10-11,22H,8-9,12H2,(H,23,24). The second-order valence-corrected chi connectivity index (χ2v) is 6.31. The van der Waals surface area contributed by atoms with Crippen molar-refractivity contribution < 1.29 is 14.3 Å². The van der Waals surface area contributed by atoms with Gasteiger partial charge in [-0.15, -0.1) is 0 Å². The smallest absolute Gasteiger partial charge is 0.243 e. The van der Waals surface area contributed by atoms with Crippen molar-refractivity contribution in [2.75, 3.05) is 30.4 Å². The SMILES string of the molecule is O=C(CNc1cccc2ccccc12)Nc1cc2c(cc1Cl)OCCO2. The predicted molar refractivity (Wildman–Crippen MR) is 104 cm³/mol. The van der Waals surface area contributed by atoms with E-state index in [0.29, 0.717) is 35.4 Å². The molecule has 1 heterocycles. The van der Waals surface area contributed by atoms with Gasteiger partial charge in [0.15, 0.2) is 11.5 Å². The van der Waals surface area contributed by atoms with Gasteiger partial charge in [-0.3, -0.25) is 4.79 Å². The molecule has 2 N–H and O–H groups in total. The van der Waals surface area contributed by atoms with Crippen molar-refractivity contribution >= 4 is 39.7 Å². The lowest BCUT2D eigenvalue weighted by Gasteiger charge is -2.20. The van der Waals surface area contributed by atoms with Gasteiger partial charge >= 0.3 is 0 Å². The van der Waals surface area contributed by atoms with Crippen LogP contribution in [-0.4, -0.2) is 25.7 Å². The van der Waals surface area contributed by atoms with Crippen molar-refractivity contribution in [2.24, 2.45) is 0 Å². The Labute approximate surface area is 155 Å². The van der Waals surface area contributed by atoms with Crippen molar-refractivity contribution in [3.63, 3.8) is 0 Å². The monoisotopic (exact) mass is 368 g/mol. The Hall–Kier alpha value is -2.92. The average Bonchev–Trinajstić information content (AvgIpc) is 2.67. The molecule has 1 aliphatic rings. The number of hydrogen-bond donors (Lipinski definition) is 2. The van der Waals surface area contributed by atoms with Crippen molar-refractivity contribution in [3.8, 4) is 11.5 Å². The van der Waals surface area contributed by atoms with E-state index < -0.39 is 0 Å². The summed E-state index contributed by atoms with van der Waals surface area (Å²) in [5.41, 5.74) is 1.41. The third-order valence-corrected chi connectivity index (χ3v) is 4.45. The molecule has 0 bridgehead atoms. The van der Waals surface area contributed by atoms with Crippen LogP contribution in [0.4, 0.5) is 11.4 Å². The fourth-order valence-corrected chi connectivity index (χ4v) is 3.11. The molecule has 0 unspecified atom stereocenters. The number of benzene rings is 3.